The van der Waals surface area contributed by atoms with Crippen LogP contribution in [0.1, 0.15) is 17.3 Å². The van der Waals surface area contributed by atoms with Crippen LogP contribution in [0.4, 0.5) is 5.69 Å². The zero-order valence-corrected chi connectivity index (χ0v) is 6.89. The number of carbonyl (C=O) groups excluding carboxylic acids is 1. The average molecular weight is 182 g/mol. The second-order valence-electron chi connectivity index (χ2n) is 2.53. The standard InChI is InChI=1S/C8H7NO4/c1-5(10)6-2-3-8(11)7(4-6)9(12)13/h2-4H,1H3,(H-,10,11,12,13)/p+1. The Morgan fingerprint density at radius 3 is 2.54 bits per heavy atom. The number of nitrogens with zero attached hydrogens (tertiary/aromatic N) is 1. The molecule has 0 saturated heterocycles. The lowest BCUT2D eigenvalue weighted by atomic mass is 10.1. The molecule has 0 fully saturated rings. The third-order valence-corrected chi connectivity index (χ3v) is 1.59. The largest absolute Gasteiger partial charge is 0.502 e. The van der Waals surface area contributed by atoms with Gasteiger partial charge in [-0.2, -0.15) is 0 Å². The van der Waals surface area contributed by atoms with Gasteiger partial charge in [-0.05, 0) is 19.1 Å². The first-order valence-corrected chi connectivity index (χ1v) is 3.52. The number of hydrogen-bond donors (Lipinski definition) is 2. The highest BCUT2D eigenvalue weighted by molar-refractivity contribution is 5.94. The molecule has 2 N–H and O–H groups in total. The van der Waals surface area contributed by atoms with E-state index in [0.717, 1.165) is 6.07 Å². The van der Waals surface area contributed by atoms with Crippen LogP contribution in [0.5, 0.6) is 5.75 Å². The number of phenols is 1. The van der Waals surface area contributed by atoms with Gasteiger partial charge in [0.15, 0.2) is 11.5 Å². The highest BCUT2D eigenvalue weighted by Crippen LogP contribution is 2.25. The van der Waals surface area contributed by atoms with Crippen molar-refractivity contribution < 1.29 is 20.0 Å². The van der Waals surface area contributed by atoms with Crippen LogP contribution in [-0.2, 0) is 0 Å². The summed E-state index contributed by atoms with van der Waals surface area (Å²) in [6.45, 7) is 1.32. The zero-order chi connectivity index (χ0) is 10.0. The fraction of sp³-hybridized carbons (Fsp3) is 0.125. The van der Waals surface area contributed by atoms with Gasteiger partial charge in [0.2, 0.25) is 0 Å². The molecule has 5 heteroatoms. The first kappa shape index (κ1) is 9.18. The summed E-state index contributed by atoms with van der Waals surface area (Å²) in [7, 11) is 0. The van der Waals surface area contributed by atoms with Crippen molar-refractivity contribution in [2.24, 2.45) is 0 Å². The molecule has 0 aromatic heterocycles. The number of rotatable bonds is 2. The summed E-state index contributed by atoms with van der Waals surface area (Å²) >= 11 is 0. The Hall–Kier alpha value is -1.91. The SMILES string of the molecule is CC(=O)c1ccc(O)c([N+](=O)O)c1. The van der Waals surface area contributed by atoms with E-state index in [0.29, 0.717) is 0 Å². The van der Waals surface area contributed by atoms with Gasteiger partial charge in [-0.1, -0.05) is 0 Å². The van der Waals surface area contributed by atoms with Gasteiger partial charge in [0.05, 0.1) is 4.91 Å². The number of hydrogen-bond acceptors (Lipinski definition) is 3. The highest BCUT2D eigenvalue weighted by atomic mass is 16.6. The summed E-state index contributed by atoms with van der Waals surface area (Å²) in [5.74, 6) is -0.620. The van der Waals surface area contributed by atoms with Gasteiger partial charge in [0.25, 0.3) is 4.92 Å². The van der Waals surface area contributed by atoms with Crippen LogP contribution < -0.4 is 0 Å². The quantitative estimate of drug-likeness (QED) is 0.535. The maximum Gasteiger partial charge on any atom is 0.358 e. The third kappa shape index (κ3) is 1.81. The summed E-state index contributed by atoms with van der Waals surface area (Å²) in [5, 5.41) is 17.6. The van der Waals surface area contributed by atoms with Crippen LogP contribution in [0.3, 0.4) is 0 Å². The molecule has 0 aliphatic heterocycles. The monoisotopic (exact) mass is 182 g/mol. The van der Waals surface area contributed by atoms with Gasteiger partial charge in [-0.3, -0.25) is 4.79 Å². The maximum atomic E-state index is 10.8. The van der Waals surface area contributed by atoms with Crippen LogP contribution >= 0.6 is 0 Å². The van der Waals surface area contributed by atoms with Crippen molar-refractivity contribution in [3.05, 3.63) is 28.7 Å². The van der Waals surface area contributed by atoms with E-state index in [4.69, 9.17) is 10.3 Å². The Bertz CT molecular complexity index is 372. The lowest BCUT2D eigenvalue weighted by Crippen LogP contribution is -1.96. The van der Waals surface area contributed by atoms with E-state index in [1.807, 2.05) is 0 Å². The van der Waals surface area contributed by atoms with Gasteiger partial charge in [-0.25, -0.2) is 5.21 Å². The van der Waals surface area contributed by atoms with Crippen molar-refractivity contribution in [1.82, 2.24) is 0 Å². The molecular weight excluding hydrogens is 174 g/mol. The summed E-state index contributed by atoms with van der Waals surface area (Å²) in [6.07, 6.45) is 0. The van der Waals surface area contributed by atoms with E-state index in [2.05, 4.69) is 0 Å². The van der Waals surface area contributed by atoms with Crippen molar-refractivity contribution in [3.63, 3.8) is 0 Å². The molecule has 0 saturated carbocycles. The number of carbonyl (C=O) groups is 1. The molecule has 1 aromatic carbocycles. The molecule has 0 amide bonds. The predicted octanol–water partition coefficient (Wildman–Crippen LogP) is 1.39. The first-order chi connectivity index (χ1) is 6.02. The molecule has 0 atom stereocenters. The Labute approximate surface area is 73.8 Å². The molecule has 1 rings (SSSR count). The lowest BCUT2D eigenvalue weighted by molar-refractivity contribution is -0.730. The number of aromatic hydroxyl groups is 1. The van der Waals surface area contributed by atoms with E-state index in [1.54, 1.807) is 0 Å². The van der Waals surface area contributed by atoms with Crippen molar-refractivity contribution in [3.8, 4) is 5.75 Å². The van der Waals surface area contributed by atoms with Gasteiger partial charge < -0.3 is 5.11 Å². The minimum atomic E-state index is -0.484. The van der Waals surface area contributed by atoms with Gasteiger partial charge in [-0.15, -0.1) is 0 Å². The lowest BCUT2D eigenvalue weighted by Gasteiger charge is -1.94. The molecule has 0 aliphatic carbocycles. The molecule has 0 unspecified atom stereocenters. The summed E-state index contributed by atoms with van der Waals surface area (Å²) < 4.78 is 0. The molecule has 5 nitrogen and oxygen atoms in total. The maximum absolute atomic E-state index is 10.8. The molecule has 0 radical (unpaired) electrons. The summed E-state index contributed by atoms with van der Waals surface area (Å²) in [4.78, 5) is 20.8. The first-order valence-electron chi connectivity index (χ1n) is 3.52. The summed E-state index contributed by atoms with van der Waals surface area (Å²) in [5.41, 5.74) is -0.0876. The van der Waals surface area contributed by atoms with Crippen LogP contribution in [0.15, 0.2) is 18.2 Å². The zero-order valence-electron chi connectivity index (χ0n) is 6.89. The van der Waals surface area contributed by atoms with Gasteiger partial charge in [0.1, 0.15) is 0 Å². The molecule has 68 valence electrons. The van der Waals surface area contributed by atoms with Crippen molar-refractivity contribution in [2.75, 3.05) is 0 Å². The molecule has 0 heterocycles. The second-order valence-corrected chi connectivity index (χ2v) is 2.53. The predicted molar refractivity (Wildman–Crippen MR) is 43.2 cm³/mol. The molecule has 0 bridgehead atoms. The Morgan fingerprint density at radius 1 is 1.46 bits per heavy atom. The third-order valence-electron chi connectivity index (χ3n) is 1.59. The topological polar surface area (TPSA) is 77.6 Å². The van der Waals surface area contributed by atoms with Crippen LogP contribution in [0.2, 0.25) is 0 Å². The van der Waals surface area contributed by atoms with E-state index in [9.17, 15) is 9.70 Å². The van der Waals surface area contributed by atoms with E-state index < -0.39 is 4.92 Å². The number of benzene rings is 1. The minimum absolute atomic E-state index is 0.247. The Morgan fingerprint density at radius 2 is 2.08 bits per heavy atom. The molecular formula is C8H8NO4+. The fourth-order valence-corrected chi connectivity index (χ4v) is 0.896. The Kier molecular flexibility index (Phi) is 2.27. The molecule has 13 heavy (non-hydrogen) atoms. The minimum Gasteiger partial charge on any atom is -0.502 e. The number of ketones is 1. The smallest absolute Gasteiger partial charge is 0.358 e. The molecule has 1 aromatic rings. The second kappa shape index (κ2) is 3.22. The van der Waals surface area contributed by atoms with E-state index in [-0.39, 0.29) is 22.8 Å². The fourth-order valence-electron chi connectivity index (χ4n) is 0.896. The molecule has 0 aliphatic rings. The number of Topliss-reactive ketones (excluding diaryl/α,β-unsaturated/α-hetero) is 1. The van der Waals surface area contributed by atoms with Gasteiger partial charge >= 0.3 is 5.69 Å². The van der Waals surface area contributed by atoms with Crippen LogP contribution in [-0.4, -0.2) is 21.0 Å². The van der Waals surface area contributed by atoms with Crippen LogP contribution in [0, 0.1) is 4.91 Å². The number of phenolic OH excluding ortho intramolecular Hbond substituents is 1. The molecule has 0 spiro atoms. The van der Waals surface area contributed by atoms with Crippen LogP contribution in [0.25, 0.3) is 0 Å². The average Bonchev–Trinajstić information content (AvgIpc) is 2.04. The summed E-state index contributed by atoms with van der Waals surface area (Å²) in [6, 6.07) is 3.66. The Balaban J connectivity index is 3.27. The van der Waals surface area contributed by atoms with Crippen molar-refractivity contribution >= 4 is 11.5 Å². The van der Waals surface area contributed by atoms with E-state index in [1.165, 1.54) is 19.1 Å². The normalized spacial score (nSPS) is 9.62. The van der Waals surface area contributed by atoms with Gasteiger partial charge in [0, 0.05) is 11.6 Å². The van der Waals surface area contributed by atoms with Crippen molar-refractivity contribution in [1.29, 1.82) is 0 Å². The van der Waals surface area contributed by atoms with E-state index >= 15 is 0 Å². The van der Waals surface area contributed by atoms with Crippen molar-refractivity contribution in [2.45, 2.75) is 6.92 Å². The highest BCUT2D eigenvalue weighted by Gasteiger charge is 2.19.